The largest absolute Gasteiger partial charge is 0.352 e. The van der Waals surface area contributed by atoms with Crippen molar-refractivity contribution in [2.75, 3.05) is 10.8 Å². The Morgan fingerprint density at radius 2 is 1.53 bits per heavy atom. The molecule has 3 aromatic carbocycles. The molecule has 0 radical (unpaired) electrons. The maximum absolute atomic E-state index is 13.9. The highest BCUT2D eigenvalue weighted by atomic mass is 35.5. The summed E-state index contributed by atoms with van der Waals surface area (Å²) in [4.78, 5) is 28.6. The van der Waals surface area contributed by atoms with Gasteiger partial charge in [0.1, 0.15) is 12.6 Å². The van der Waals surface area contributed by atoms with Gasteiger partial charge < -0.3 is 10.2 Å². The van der Waals surface area contributed by atoms with Crippen LogP contribution >= 0.6 is 11.6 Å². The lowest BCUT2D eigenvalue weighted by Gasteiger charge is -2.33. The van der Waals surface area contributed by atoms with E-state index in [4.69, 9.17) is 11.6 Å². The lowest BCUT2D eigenvalue weighted by molar-refractivity contribution is -0.140. The first-order valence-corrected chi connectivity index (χ1v) is 14.3. The van der Waals surface area contributed by atoms with E-state index in [1.807, 2.05) is 52.0 Å². The van der Waals surface area contributed by atoms with Crippen LogP contribution in [0, 0.1) is 6.92 Å². The third kappa shape index (κ3) is 7.36. The molecule has 9 heteroatoms. The number of hydrogen-bond acceptors (Lipinski definition) is 4. The normalized spacial score (nSPS) is 12.2. The average Bonchev–Trinajstić information content (AvgIpc) is 2.89. The monoisotopic (exact) mass is 555 g/mol. The number of anilines is 1. The molecular formula is C29H34ClN3O4S. The molecule has 0 spiro atoms. The van der Waals surface area contributed by atoms with Crippen molar-refractivity contribution in [3.63, 3.8) is 0 Å². The molecule has 1 atom stereocenters. The summed E-state index contributed by atoms with van der Waals surface area (Å²) < 4.78 is 28.5. The maximum atomic E-state index is 13.9. The van der Waals surface area contributed by atoms with Gasteiger partial charge in [0.25, 0.3) is 10.0 Å². The van der Waals surface area contributed by atoms with E-state index in [-0.39, 0.29) is 23.4 Å². The van der Waals surface area contributed by atoms with Gasteiger partial charge in [0.15, 0.2) is 0 Å². The van der Waals surface area contributed by atoms with Crippen molar-refractivity contribution in [3.8, 4) is 0 Å². The van der Waals surface area contributed by atoms with Crippen molar-refractivity contribution in [1.29, 1.82) is 0 Å². The van der Waals surface area contributed by atoms with Crippen LogP contribution in [-0.2, 0) is 26.2 Å². The number of sulfonamides is 1. The van der Waals surface area contributed by atoms with E-state index < -0.39 is 28.5 Å². The summed E-state index contributed by atoms with van der Waals surface area (Å²) in [7, 11) is -4.10. The van der Waals surface area contributed by atoms with E-state index in [0.29, 0.717) is 17.1 Å². The van der Waals surface area contributed by atoms with Gasteiger partial charge >= 0.3 is 0 Å². The van der Waals surface area contributed by atoms with E-state index in [2.05, 4.69) is 5.32 Å². The summed E-state index contributed by atoms with van der Waals surface area (Å²) in [5, 5.41) is 3.33. The van der Waals surface area contributed by atoms with Crippen molar-refractivity contribution in [3.05, 3.63) is 95.0 Å². The van der Waals surface area contributed by atoms with Gasteiger partial charge in [-0.3, -0.25) is 13.9 Å². The van der Waals surface area contributed by atoms with Crippen LogP contribution in [0.1, 0.15) is 38.3 Å². The van der Waals surface area contributed by atoms with Crippen molar-refractivity contribution in [2.45, 2.75) is 57.6 Å². The van der Waals surface area contributed by atoms with Crippen LogP contribution in [0.4, 0.5) is 5.69 Å². The van der Waals surface area contributed by atoms with Gasteiger partial charge in [-0.15, -0.1) is 0 Å². The highest BCUT2D eigenvalue weighted by Crippen LogP contribution is 2.26. The fourth-order valence-corrected chi connectivity index (χ4v) is 5.61. The number of carbonyl (C=O) groups excluding carboxylic acids is 2. The Kier molecular flexibility index (Phi) is 9.94. The Morgan fingerprint density at radius 1 is 0.921 bits per heavy atom. The van der Waals surface area contributed by atoms with Crippen LogP contribution in [0.5, 0.6) is 0 Å². The molecule has 202 valence electrons. The molecule has 0 unspecified atom stereocenters. The van der Waals surface area contributed by atoms with Crippen molar-refractivity contribution in [2.24, 2.45) is 0 Å². The first-order chi connectivity index (χ1) is 18.0. The van der Waals surface area contributed by atoms with Gasteiger partial charge in [-0.1, -0.05) is 66.6 Å². The zero-order valence-electron chi connectivity index (χ0n) is 22.1. The topological polar surface area (TPSA) is 86.8 Å². The van der Waals surface area contributed by atoms with Crippen LogP contribution in [0.15, 0.2) is 83.8 Å². The van der Waals surface area contributed by atoms with E-state index in [1.54, 1.807) is 42.5 Å². The predicted molar refractivity (Wildman–Crippen MR) is 152 cm³/mol. The summed E-state index contributed by atoms with van der Waals surface area (Å²) in [6.07, 6.45) is 0.364. The molecule has 1 N–H and O–H groups in total. The third-order valence-corrected chi connectivity index (χ3v) is 8.06. The molecule has 2 amide bonds. The summed E-state index contributed by atoms with van der Waals surface area (Å²) in [6.45, 7) is 7.17. The first-order valence-electron chi connectivity index (χ1n) is 12.5. The second-order valence-corrected chi connectivity index (χ2v) is 11.7. The smallest absolute Gasteiger partial charge is 0.264 e. The van der Waals surface area contributed by atoms with Crippen molar-refractivity contribution in [1.82, 2.24) is 10.2 Å². The first kappa shape index (κ1) is 29.2. The summed E-state index contributed by atoms with van der Waals surface area (Å²) in [5.41, 5.74) is 2.20. The molecule has 0 aromatic heterocycles. The van der Waals surface area contributed by atoms with Gasteiger partial charge in [-0.05, 0) is 69.2 Å². The van der Waals surface area contributed by atoms with Gasteiger partial charge in [-0.25, -0.2) is 8.42 Å². The molecule has 0 aliphatic carbocycles. The molecular weight excluding hydrogens is 522 g/mol. The summed E-state index contributed by atoms with van der Waals surface area (Å²) >= 11 is 6.05. The Labute approximate surface area is 230 Å². The van der Waals surface area contributed by atoms with Crippen LogP contribution in [-0.4, -0.2) is 43.8 Å². The van der Waals surface area contributed by atoms with Crippen LogP contribution in [0.2, 0.25) is 5.02 Å². The van der Waals surface area contributed by atoms with Gasteiger partial charge in [0.05, 0.1) is 10.6 Å². The van der Waals surface area contributed by atoms with Gasteiger partial charge in [0, 0.05) is 17.6 Å². The minimum atomic E-state index is -4.10. The molecule has 0 saturated heterocycles. The predicted octanol–water partition coefficient (Wildman–Crippen LogP) is 5.18. The zero-order valence-corrected chi connectivity index (χ0v) is 23.7. The second-order valence-electron chi connectivity index (χ2n) is 9.40. The molecule has 0 heterocycles. The quantitative estimate of drug-likeness (QED) is 0.353. The summed E-state index contributed by atoms with van der Waals surface area (Å²) in [5.74, 6) is -0.780. The molecule has 0 bridgehead atoms. The number of nitrogens with zero attached hydrogens (tertiary/aromatic N) is 2. The lowest BCUT2D eigenvalue weighted by atomic mass is 10.1. The van der Waals surface area contributed by atoms with Crippen molar-refractivity contribution < 1.29 is 18.0 Å². The number of benzene rings is 3. The number of carbonyl (C=O) groups is 2. The Balaban J connectivity index is 2.04. The zero-order chi connectivity index (χ0) is 27.9. The van der Waals surface area contributed by atoms with E-state index in [0.717, 1.165) is 15.4 Å². The van der Waals surface area contributed by atoms with Gasteiger partial charge in [-0.2, -0.15) is 0 Å². The molecule has 0 fully saturated rings. The number of amides is 2. The number of aryl methyl sites for hydroxylation is 1. The maximum Gasteiger partial charge on any atom is 0.264 e. The van der Waals surface area contributed by atoms with Gasteiger partial charge in [0.2, 0.25) is 11.8 Å². The minimum Gasteiger partial charge on any atom is -0.352 e. The average molecular weight is 556 g/mol. The van der Waals surface area contributed by atoms with Crippen LogP contribution < -0.4 is 9.62 Å². The molecule has 3 rings (SSSR count). The molecule has 0 aliphatic heterocycles. The molecule has 0 aliphatic rings. The second kappa shape index (κ2) is 12.9. The van der Waals surface area contributed by atoms with E-state index >= 15 is 0 Å². The number of hydrogen-bond donors (Lipinski definition) is 1. The summed E-state index contributed by atoms with van der Waals surface area (Å²) in [6, 6.07) is 21.0. The van der Waals surface area contributed by atoms with E-state index in [9.17, 15) is 18.0 Å². The standard InChI is InChI=1S/C29H34ClN3O4S/c1-5-27(29(35)31-21(2)3)32(19-23-13-11-22(4)12-14-23)28(34)20-33(25-17-15-24(30)16-18-25)38(36,37)26-9-7-6-8-10-26/h6-18,21,27H,5,19-20H2,1-4H3,(H,31,35)/t27-/m1/s1. The molecule has 0 saturated carbocycles. The molecule has 3 aromatic rings. The highest BCUT2D eigenvalue weighted by molar-refractivity contribution is 7.92. The lowest BCUT2D eigenvalue weighted by Crippen LogP contribution is -2.53. The van der Waals surface area contributed by atoms with Crippen LogP contribution in [0.3, 0.4) is 0 Å². The number of halogens is 1. The Hall–Kier alpha value is -3.36. The fraction of sp³-hybridized carbons (Fsp3) is 0.310. The Morgan fingerprint density at radius 3 is 2.08 bits per heavy atom. The number of rotatable bonds is 11. The molecule has 38 heavy (non-hydrogen) atoms. The minimum absolute atomic E-state index is 0.0532. The van der Waals surface area contributed by atoms with E-state index in [1.165, 1.54) is 17.0 Å². The highest BCUT2D eigenvalue weighted by Gasteiger charge is 2.33. The number of nitrogens with one attached hydrogen (secondary N) is 1. The Bertz CT molecular complexity index is 1330. The van der Waals surface area contributed by atoms with Crippen LogP contribution in [0.25, 0.3) is 0 Å². The SMILES string of the molecule is CC[C@H](C(=O)NC(C)C)N(Cc1ccc(C)cc1)C(=O)CN(c1ccc(Cl)cc1)S(=O)(=O)c1ccccc1. The molecule has 7 nitrogen and oxygen atoms in total. The third-order valence-electron chi connectivity index (χ3n) is 6.02. The van der Waals surface area contributed by atoms with Crippen molar-refractivity contribution >= 4 is 39.1 Å². The fourth-order valence-electron chi connectivity index (χ4n) is 4.05.